The average Bonchev–Trinajstić information content (AvgIpc) is 2.71. The maximum Gasteiger partial charge on any atom is 0.229 e. The largest absolute Gasteiger partial charge is 0.494 e. The number of nitrogens with zero attached hydrogens (tertiary/aromatic N) is 1. The van der Waals surface area contributed by atoms with Crippen LogP contribution in [0, 0.1) is 20.8 Å². The van der Waals surface area contributed by atoms with Crippen LogP contribution in [0.2, 0.25) is 0 Å². The summed E-state index contributed by atoms with van der Waals surface area (Å²) in [7, 11) is -1.82. The molecule has 0 bridgehead atoms. The van der Waals surface area contributed by atoms with Crippen molar-refractivity contribution in [1.82, 2.24) is 4.98 Å². The van der Waals surface area contributed by atoms with Gasteiger partial charge in [-0.1, -0.05) is 30.3 Å². The molecule has 0 saturated carbocycles. The minimum Gasteiger partial charge on any atom is -0.494 e. The average molecular weight is 436 g/mol. The number of methoxy groups -OCH3 is 1. The highest BCUT2D eigenvalue weighted by molar-refractivity contribution is 7.92. The number of aromatic nitrogens is 1. The summed E-state index contributed by atoms with van der Waals surface area (Å²) in [6, 6.07) is 15.5. The zero-order valence-corrected chi connectivity index (χ0v) is 19.0. The summed E-state index contributed by atoms with van der Waals surface area (Å²) in [4.78, 5) is 4.99. The number of sulfonamides is 1. The number of fused-ring (bicyclic) bond motifs is 2. The number of pyridine rings is 1. The van der Waals surface area contributed by atoms with Gasteiger partial charge in [-0.05, 0) is 49.6 Å². The van der Waals surface area contributed by atoms with Crippen molar-refractivity contribution in [1.29, 1.82) is 0 Å². The summed E-state index contributed by atoms with van der Waals surface area (Å²) < 4.78 is 31.2. The predicted octanol–water partition coefficient (Wildman–Crippen LogP) is 5.44. The number of aryl methyl sites for hydroxylation is 3. The van der Waals surface area contributed by atoms with Gasteiger partial charge in [0.1, 0.15) is 5.75 Å². The Kier molecular flexibility index (Phi) is 5.23. The number of benzene rings is 3. The molecule has 0 aliphatic heterocycles. The summed E-state index contributed by atoms with van der Waals surface area (Å²) in [5.74, 6) is 0.531. The molecule has 0 fully saturated rings. The summed E-state index contributed by atoms with van der Waals surface area (Å²) in [5, 5.41) is 5.56. The Hall–Kier alpha value is -3.32. The third kappa shape index (κ3) is 4.01. The summed E-state index contributed by atoms with van der Waals surface area (Å²) in [6.45, 7) is 6.23. The molecule has 4 rings (SSSR count). The highest BCUT2D eigenvalue weighted by Gasteiger charge is 2.15. The lowest BCUT2D eigenvalue weighted by Crippen LogP contribution is -2.09. The van der Waals surface area contributed by atoms with E-state index in [2.05, 4.69) is 55.1 Å². The Morgan fingerprint density at radius 2 is 1.65 bits per heavy atom. The lowest BCUT2D eigenvalue weighted by atomic mass is 10.00. The first kappa shape index (κ1) is 20.9. The molecule has 31 heavy (non-hydrogen) atoms. The summed E-state index contributed by atoms with van der Waals surface area (Å²) >= 11 is 0. The minimum atomic E-state index is -3.38. The van der Waals surface area contributed by atoms with Gasteiger partial charge < -0.3 is 10.1 Å². The van der Waals surface area contributed by atoms with Gasteiger partial charge in [0.25, 0.3) is 0 Å². The number of ether oxygens (including phenoxy) is 1. The molecule has 0 unspecified atom stereocenters. The Bertz CT molecular complexity index is 1430. The molecule has 6 nitrogen and oxygen atoms in total. The lowest BCUT2D eigenvalue weighted by molar-refractivity contribution is 0.417. The van der Waals surface area contributed by atoms with Gasteiger partial charge in [0.2, 0.25) is 10.0 Å². The third-order valence-electron chi connectivity index (χ3n) is 5.47. The van der Waals surface area contributed by atoms with Gasteiger partial charge >= 0.3 is 0 Å². The van der Waals surface area contributed by atoms with Crippen LogP contribution in [0.1, 0.15) is 16.7 Å². The van der Waals surface area contributed by atoms with Crippen LogP contribution < -0.4 is 14.8 Å². The van der Waals surface area contributed by atoms with Gasteiger partial charge in [-0.2, -0.15) is 0 Å². The zero-order chi connectivity index (χ0) is 22.3. The van der Waals surface area contributed by atoms with E-state index in [9.17, 15) is 8.42 Å². The third-order valence-corrected chi connectivity index (χ3v) is 6.07. The predicted molar refractivity (Wildman–Crippen MR) is 128 cm³/mol. The molecular formula is C24H25N3O3S. The van der Waals surface area contributed by atoms with Crippen LogP contribution in [0.25, 0.3) is 21.8 Å². The standard InChI is InChI=1S/C24H25N3O3S/c1-14-9-11-19-23(16(14)3)26-22-15(2)7-6-8-18(22)24(19)25-20-12-10-17(13-21(20)30-4)27-31(5,28)29/h6-13,27H,1-5H3,(H,25,26). The van der Waals surface area contributed by atoms with E-state index in [0.717, 1.165) is 50.6 Å². The molecule has 4 aromatic rings. The van der Waals surface area contributed by atoms with Crippen molar-refractivity contribution in [2.24, 2.45) is 0 Å². The van der Waals surface area contributed by atoms with Crippen molar-refractivity contribution in [3.63, 3.8) is 0 Å². The molecule has 0 atom stereocenters. The van der Waals surface area contributed by atoms with E-state index >= 15 is 0 Å². The fourth-order valence-electron chi connectivity index (χ4n) is 3.75. The molecule has 7 heteroatoms. The van der Waals surface area contributed by atoms with Crippen LogP contribution in [0.3, 0.4) is 0 Å². The number of rotatable bonds is 5. The van der Waals surface area contributed by atoms with Gasteiger partial charge in [-0.3, -0.25) is 4.72 Å². The first-order valence-corrected chi connectivity index (χ1v) is 11.8. The second-order valence-electron chi connectivity index (χ2n) is 7.78. The fourth-order valence-corrected chi connectivity index (χ4v) is 4.31. The van der Waals surface area contributed by atoms with Gasteiger partial charge in [0.05, 0.1) is 41.5 Å². The number of anilines is 3. The summed E-state index contributed by atoms with van der Waals surface area (Å²) in [6.07, 6.45) is 1.12. The monoisotopic (exact) mass is 435 g/mol. The Balaban J connectivity index is 1.93. The van der Waals surface area contributed by atoms with Crippen molar-refractivity contribution < 1.29 is 13.2 Å². The molecule has 1 aromatic heterocycles. The second kappa shape index (κ2) is 7.74. The molecule has 0 amide bonds. The number of para-hydroxylation sites is 1. The molecule has 0 aliphatic rings. The van der Waals surface area contributed by atoms with Gasteiger partial charge in [0.15, 0.2) is 0 Å². The second-order valence-corrected chi connectivity index (χ2v) is 9.52. The van der Waals surface area contributed by atoms with E-state index in [1.165, 1.54) is 5.56 Å². The van der Waals surface area contributed by atoms with E-state index in [1.807, 2.05) is 6.07 Å². The van der Waals surface area contributed by atoms with E-state index in [1.54, 1.807) is 25.3 Å². The van der Waals surface area contributed by atoms with Crippen LogP contribution >= 0.6 is 0 Å². The number of hydrogen-bond donors (Lipinski definition) is 2. The fraction of sp³-hybridized carbons (Fsp3) is 0.208. The summed E-state index contributed by atoms with van der Waals surface area (Å²) in [5.41, 5.74) is 7.45. The normalized spacial score (nSPS) is 11.6. The SMILES string of the molecule is COc1cc(NS(C)(=O)=O)ccc1Nc1c2cccc(C)c2nc2c(C)c(C)ccc12. The Labute approximate surface area is 182 Å². The van der Waals surface area contributed by atoms with Crippen LogP contribution in [0.15, 0.2) is 48.5 Å². The smallest absolute Gasteiger partial charge is 0.229 e. The first-order chi connectivity index (χ1) is 14.7. The maximum atomic E-state index is 11.6. The molecular weight excluding hydrogens is 410 g/mol. The van der Waals surface area contributed by atoms with Gasteiger partial charge in [-0.15, -0.1) is 0 Å². The maximum absolute atomic E-state index is 11.6. The van der Waals surface area contributed by atoms with Crippen molar-refractivity contribution in [3.8, 4) is 5.75 Å². The highest BCUT2D eigenvalue weighted by atomic mass is 32.2. The van der Waals surface area contributed by atoms with Crippen LogP contribution in [0.4, 0.5) is 17.1 Å². The van der Waals surface area contributed by atoms with Crippen LogP contribution in [-0.2, 0) is 10.0 Å². The number of hydrogen-bond acceptors (Lipinski definition) is 5. The van der Waals surface area contributed by atoms with Crippen LogP contribution in [0.5, 0.6) is 5.75 Å². The topological polar surface area (TPSA) is 80.3 Å². The quantitative estimate of drug-likeness (QED) is 0.408. The molecule has 1 heterocycles. The van der Waals surface area contributed by atoms with Crippen molar-refractivity contribution in [2.45, 2.75) is 20.8 Å². The van der Waals surface area contributed by atoms with E-state index in [4.69, 9.17) is 9.72 Å². The van der Waals surface area contributed by atoms with Gasteiger partial charge in [0, 0.05) is 16.8 Å². The van der Waals surface area contributed by atoms with E-state index in [-0.39, 0.29) is 0 Å². The van der Waals surface area contributed by atoms with Gasteiger partial charge in [-0.25, -0.2) is 13.4 Å². The number of nitrogens with one attached hydrogen (secondary N) is 2. The molecule has 0 saturated heterocycles. The van der Waals surface area contributed by atoms with Crippen molar-refractivity contribution in [3.05, 3.63) is 65.2 Å². The zero-order valence-electron chi connectivity index (χ0n) is 18.2. The molecule has 0 aliphatic carbocycles. The van der Waals surface area contributed by atoms with Crippen molar-refractivity contribution >= 4 is 48.9 Å². The highest BCUT2D eigenvalue weighted by Crippen LogP contribution is 2.39. The lowest BCUT2D eigenvalue weighted by Gasteiger charge is -2.18. The minimum absolute atomic E-state index is 0.441. The molecule has 3 aromatic carbocycles. The molecule has 0 spiro atoms. The molecule has 160 valence electrons. The molecule has 0 radical (unpaired) electrons. The van der Waals surface area contributed by atoms with Crippen molar-refractivity contribution in [2.75, 3.05) is 23.4 Å². The Morgan fingerprint density at radius 1 is 0.903 bits per heavy atom. The van der Waals surface area contributed by atoms with E-state index < -0.39 is 10.0 Å². The Morgan fingerprint density at radius 3 is 2.35 bits per heavy atom. The van der Waals surface area contributed by atoms with Crippen LogP contribution in [-0.4, -0.2) is 26.8 Å². The van der Waals surface area contributed by atoms with E-state index in [0.29, 0.717) is 11.4 Å². The molecule has 2 N–H and O–H groups in total. The first-order valence-electron chi connectivity index (χ1n) is 9.90.